The van der Waals surface area contributed by atoms with Gasteiger partial charge in [0.25, 0.3) is 0 Å². The van der Waals surface area contributed by atoms with Crippen LogP contribution < -0.4 is 4.74 Å². The number of rotatable bonds is 12. The number of likely N-dealkylation sites (N-methyl/N-ethyl adjacent to an activating group) is 1. The van der Waals surface area contributed by atoms with Gasteiger partial charge in [-0.2, -0.15) is 0 Å². The molecule has 5 aromatic carbocycles. The number of carboxylic acids is 1. The fourth-order valence-corrected chi connectivity index (χ4v) is 6.75. The number of nitrogens with zero attached hydrogens (tertiary/aromatic N) is 1. The summed E-state index contributed by atoms with van der Waals surface area (Å²) in [6.07, 6.45) is 1.45. The molecule has 0 saturated heterocycles. The van der Waals surface area contributed by atoms with Gasteiger partial charge in [0.1, 0.15) is 12.4 Å². The molecule has 240 valence electrons. The SMILES string of the molecule is COC(Cc1ccc(OCCN(C)C2c3ccc(-c4ccccc4)cc3CCc3ccc(C(C)c4ccccc4)cc32)cc1)C(=O)O. The quantitative estimate of drug-likeness (QED) is 0.151. The third-order valence-electron chi connectivity index (χ3n) is 9.53. The second kappa shape index (κ2) is 14.8. The largest absolute Gasteiger partial charge is 0.492 e. The molecule has 5 nitrogen and oxygen atoms in total. The standard InChI is InChI=1S/C42H43NO4/c1-29(31-10-6-4-7-11-31)34-18-16-33-17-19-36-27-35(32-12-8-5-9-13-32)20-23-38(36)41(39(33)28-34)43(2)24-25-47-37-21-14-30(15-22-37)26-40(46-3)42(44)45/h4-16,18,20-23,27-29,40-41H,17,19,24-26H2,1-3H3,(H,44,45). The first-order valence-corrected chi connectivity index (χ1v) is 16.4. The van der Waals surface area contributed by atoms with Gasteiger partial charge >= 0.3 is 5.97 Å². The lowest BCUT2D eigenvalue weighted by molar-refractivity contribution is -0.148. The van der Waals surface area contributed by atoms with Gasteiger partial charge in [-0.05, 0) is 82.1 Å². The van der Waals surface area contributed by atoms with Crippen LogP contribution in [0.5, 0.6) is 5.75 Å². The number of ether oxygens (including phenoxy) is 2. The van der Waals surface area contributed by atoms with Gasteiger partial charge in [0.05, 0.1) is 6.04 Å². The van der Waals surface area contributed by atoms with E-state index < -0.39 is 12.1 Å². The molecule has 0 aliphatic heterocycles. The fourth-order valence-electron chi connectivity index (χ4n) is 6.75. The maximum absolute atomic E-state index is 11.4. The van der Waals surface area contributed by atoms with Crippen LogP contribution in [0.25, 0.3) is 11.1 Å². The van der Waals surface area contributed by atoms with Crippen molar-refractivity contribution in [2.45, 2.75) is 44.2 Å². The average molecular weight is 626 g/mol. The van der Waals surface area contributed by atoms with Gasteiger partial charge in [0.2, 0.25) is 0 Å². The molecule has 0 aromatic heterocycles. The van der Waals surface area contributed by atoms with Crippen molar-refractivity contribution in [1.29, 1.82) is 0 Å². The van der Waals surface area contributed by atoms with E-state index in [0.717, 1.165) is 30.7 Å². The maximum Gasteiger partial charge on any atom is 0.333 e. The zero-order chi connectivity index (χ0) is 32.8. The third kappa shape index (κ3) is 7.48. The Hall–Kier alpha value is -4.71. The number of fused-ring (bicyclic) bond motifs is 2. The first-order valence-electron chi connectivity index (χ1n) is 16.4. The molecule has 0 saturated carbocycles. The third-order valence-corrected chi connectivity index (χ3v) is 9.53. The first-order chi connectivity index (χ1) is 22.9. The Morgan fingerprint density at radius 1 is 0.787 bits per heavy atom. The molecule has 0 spiro atoms. The number of hydrogen-bond acceptors (Lipinski definition) is 4. The van der Waals surface area contributed by atoms with Crippen molar-refractivity contribution in [2.24, 2.45) is 0 Å². The van der Waals surface area contributed by atoms with E-state index in [1.807, 2.05) is 24.3 Å². The van der Waals surface area contributed by atoms with Crippen LogP contribution in [0.1, 0.15) is 57.8 Å². The Morgan fingerprint density at radius 3 is 2.19 bits per heavy atom. The molecule has 0 heterocycles. The number of hydrogen-bond donors (Lipinski definition) is 1. The minimum absolute atomic E-state index is 0.0863. The molecule has 0 radical (unpaired) electrons. The minimum Gasteiger partial charge on any atom is -0.492 e. The summed E-state index contributed by atoms with van der Waals surface area (Å²) in [5.41, 5.74) is 11.5. The first kappa shape index (κ1) is 32.2. The molecule has 6 rings (SSSR count). The number of methoxy groups -OCH3 is 1. The van der Waals surface area contributed by atoms with Crippen LogP contribution in [0.2, 0.25) is 0 Å². The monoisotopic (exact) mass is 625 g/mol. The van der Waals surface area contributed by atoms with E-state index in [1.54, 1.807) is 0 Å². The zero-order valence-electron chi connectivity index (χ0n) is 27.4. The number of carboxylic acid groups (broad SMARTS) is 1. The number of aliphatic carboxylic acids is 1. The summed E-state index contributed by atoms with van der Waals surface area (Å²) >= 11 is 0. The van der Waals surface area contributed by atoms with Crippen LogP contribution in [-0.4, -0.2) is 49.4 Å². The maximum atomic E-state index is 11.4. The van der Waals surface area contributed by atoms with Crippen LogP contribution in [0, 0.1) is 0 Å². The highest BCUT2D eigenvalue weighted by Gasteiger charge is 2.28. The lowest BCUT2D eigenvalue weighted by Gasteiger charge is -2.31. The van der Waals surface area contributed by atoms with Crippen LogP contribution in [0.3, 0.4) is 0 Å². The topological polar surface area (TPSA) is 59.0 Å². The molecule has 1 aliphatic carbocycles. The van der Waals surface area contributed by atoms with E-state index in [2.05, 4.69) is 116 Å². The lowest BCUT2D eigenvalue weighted by atomic mass is 9.87. The van der Waals surface area contributed by atoms with E-state index in [0.29, 0.717) is 13.0 Å². The summed E-state index contributed by atoms with van der Waals surface area (Å²) in [5, 5.41) is 9.31. The number of benzene rings is 5. The molecule has 5 aromatic rings. The van der Waals surface area contributed by atoms with Crippen LogP contribution >= 0.6 is 0 Å². The molecule has 1 aliphatic rings. The van der Waals surface area contributed by atoms with E-state index in [9.17, 15) is 9.90 Å². The second-order valence-corrected chi connectivity index (χ2v) is 12.5. The second-order valence-electron chi connectivity index (χ2n) is 12.5. The molecule has 0 bridgehead atoms. The van der Waals surface area contributed by atoms with Gasteiger partial charge in [0.15, 0.2) is 6.10 Å². The lowest BCUT2D eigenvalue weighted by Crippen LogP contribution is -2.30. The molecule has 3 unspecified atom stereocenters. The molecule has 47 heavy (non-hydrogen) atoms. The van der Waals surface area contributed by atoms with E-state index in [1.165, 1.54) is 51.6 Å². The van der Waals surface area contributed by atoms with Crippen molar-refractivity contribution in [3.05, 3.63) is 160 Å². The molecular weight excluding hydrogens is 582 g/mol. The van der Waals surface area contributed by atoms with Crippen molar-refractivity contribution in [2.75, 3.05) is 27.3 Å². The minimum atomic E-state index is -0.963. The van der Waals surface area contributed by atoms with Crippen LogP contribution in [0.4, 0.5) is 0 Å². The van der Waals surface area contributed by atoms with E-state index >= 15 is 0 Å². The highest BCUT2D eigenvalue weighted by Crippen LogP contribution is 2.39. The van der Waals surface area contributed by atoms with E-state index in [4.69, 9.17) is 9.47 Å². The predicted octanol–water partition coefficient (Wildman–Crippen LogP) is 8.35. The summed E-state index contributed by atoms with van der Waals surface area (Å²) in [6.45, 7) is 3.55. The molecular formula is C42H43NO4. The normalized spacial score (nSPS) is 15.3. The summed E-state index contributed by atoms with van der Waals surface area (Å²) in [4.78, 5) is 13.8. The van der Waals surface area contributed by atoms with Crippen LogP contribution in [0.15, 0.2) is 121 Å². The van der Waals surface area contributed by atoms with Gasteiger partial charge in [-0.1, -0.05) is 116 Å². The van der Waals surface area contributed by atoms with E-state index in [-0.39, 0.29) is 12.0 Å². The van der Waals surface area contributed by atoms with Crippen molar-refractivity contribution in [3.63, 3.8) is 0 Å². The Labute approximate surface area is 278 Å². The molecule has 0 fully saturated rings. The Kier molecular flexibility index (Phi) is 10.2. The smallest absolute Gasteiger partial charge is 0.333 e. The Morgan fingerprint density at radius 2 is 1.49 bits per heavy atom. The van der Waals surface area contributed by atoms with Gasteiger partial charge in [-0.3, -0.25) is 4.90 Å². The summed E-state index contributed by atoms with van der Waals surface area (Å²) in [5.74, 6) is 0.0895. The van der Waals surface area contributed by atoms with Crippen LogP contribution in [-0.2, 0) is 28.8 Å². The number of aryl methyl sites for hydroxylation is 2. The summed E-state index contributed by atoms with van der Waals surface area (Å²) in [6, 6.07) is 43.2. The van der Waals surface area contributed by atoms with Crippen molar-refractivity contribution in [3.8, 4) is 16.9 Å². The predicted molar refractivity (Wildman–Crippen MR) is 188 cm³/mol. The van der Waals surface area contributed by atoms with Gasteiger partial charge in [-0.25, -0.2) is 4.79 Å². The van der Waals surface area contributed by atoms with Crippen molar-refractivity contribution >= 4 is 5.97 Å². The highest BCUT2D eigenvalue weighted by atomic mass is 16.5. The average Bonchev–Trinajstić information content (AvgIpc) is 3.27. The Balaban J connectivity index is 1.26. The fraction of sp³-hybridized carbons (Fsp3) is 0.262. The molecule has 5 heteroatoms. The zero-order valence-corrected chi connectivity index (χ0v) is 27.4. The molecule has 1 N–H and O–H groups in total. The van der Waals surface area contributed by atoms with Gasteiger partial charge in [-0.15, -0.1) is 0 Å². The molecule has 0 amide bonds. The van der Waals surface area contributed by atoms with Gasteiger partial charge in [0, 0.05) is 26.0 Å². The van der Waals surface area contributed by atoms with Crippen molar-refractivity contribution in [1.82, 2.24) is 4.90 Å². The van der Waals surface area contributed by atoms with Gasteiger partial charge < -0.3 is 14.6 Å². The van der Waals surface area contributed by atoms with Crippen molar-refractivity contribution < 1.29 is 19.4 Å². The number of carbonyl (C=O) groups is 1. The summed E-state index contributed by atoms with van der Waals surface area (Å²) < 4.78 is 11.3. The Bertz CT molecular complexity index is 1790. The molecule has 3 atom stereocenters. The highest BCUT2D eigenvalue weighted by molar-refractivity contribution is 5.72. The summed E-state index contributed by atoms with van der Waals surface area (Å²) in [7, 11) is 3.62.